The van der Waals surface area contributed by atoms with Crippen molar-refractivity contribution in [2.24, 2.45) is 11.3 Å². The normalized spacial score (nSPS) is 21.5. The number of hydrogen-bond acceptors (Lipinski definition) is 4. The van der Waals surface area contributed by atoms with Crippen molar-refractivity contribution in [3.8, 4) is 0 Å². The van der Waals surface area contributed by atoms with Gasteiger partial charge in [0.05, 0.1) is 5.69 Å². The quantitative estimate of drug-likeness (QED) is 0.281. The van der Waals surface area contributed by atoms with Crippen molar-refractivity contribution in [2.75, 3.05) is 32.7 Å². The summed E-state index contributed by atoms with van der Waals surface area (Å²) < 4.78 is 14.1. The Kier molecular flexibility index (Phi) is 10.7. The Bertz CT molecular complexity index is 1280. The molecule has 0 amide bonds. The number of benzene rings is 2. The van der Waals surface area contributed by atoms with Crippen LogP contribution in [0.25, 0.3) is 0 Å². The third-order valence-electron chi connectivity index (χ3n) is 10.2. The van der Waals surface area contributed by atoms with Crippen LogP contribution in [0.4, 0.5) is 4.39 Å². The highest BCUT2D eigenvalue weighted by molar-refractivity contribution is 5.75. The van der Waals surface area contributed by atoms with Crippen molar-refractivity contribution in [1.82, 2.24) is 19.6 Å². The number of hydrogen-bond donors (Lipinski definition) is 1. The molecule has 3 aromatic rings. The Labute approximate surface area is 256 Å². The van der Waals surface area contributed by atoms with Crippen LogP contribution in [0.5, 0.6) is 0 Å². The molecule has 6 nitrogen and oxygen atoms in total. The molecule has 2 aliphatic heterocycles. The van der Waals surface area contributed by atoms with E-state index in [1.165, 1.54) is 48.3 Å². The maximum Gasteiger partial charge on any atom is 0.321 e. The molecule has 3 heterocycles. The standard InChI is InChI=1S/C30H44N4O2.C6H5F/c1-3-30(14-8-15-30)28(29(35)36)33-18-11-24(22-33)21-32-16-12-25(13-17-32)27-20-26(31-34(27)4-2)19-23-9-6-5-7-10-23;7-6-4-2-1-3-5-6/h5-7,9-10,20,24-25,28H,3-4,8,11-19,21-22H2,1-2H3,(H,35,36);1-5H. The summed E-state index contributed by atoms with van der Waals surface area (Å²) >= 11 is 0. The first kappa shape index (κ1) is 31.4. The molecule has 1 aromatic heterocycles. The lowest BCUT2D eigenvalue weighted by atomic mass is 9.62. The van der Waals surface area contributed by atoms with E-state index in [4.69, 9.17) is 5.10 Å². The van der Waals surface area contributed by atoms with Gasteiger partial charge in [0, 0.05) is 37.7 Å². The SMILES string of the molecule is CCn1nc(Cc2ccccc2)cc1C1CCN(CC2CCN(C(C(=O)O)C3(CC)CCC3)C2)CC1.Fc1ccccc1. The summed E-state index contributed by atoms with van der Waals surface area (Å²) in [5, 5.41) is 15.0. The van der Waals surface area contributed by atoms with E-state index in [0.717, 1.165) is 71.4 Å². The number of aliphatic carboxylic acids is 1. The van der Waals surface area contributed by atoms with Crippen molar-refractivity contribution in [2.45, 2.75) is 83.7 Å². The summed E-state index contributed by atoms with van der Waals surface area (Å²) in [4.78, 5) is 17.2. The molecular weight excluding hydrogens is 539 g/mol. The second-order valence-electron chi connectivity index (χ2n) is 12.9. The molecule has 43 heavy (non-hydrogen) atoms. The van der Waals surface area contributed by atoms with Crippen LogP contribution in [0.3, 0.4) is 0 Å². The van der Waals surface area contributed by atoms with Gasteiger partial charge in [-0.25, -0.2) is 4.39 Å². The highest BCUT2D eigenvalue weighted by atomic mass is 19.1. The van der Waals surface area contributed by atoms with Crippen molar-refractivity contribution in [3.05, 3.63) is 89.5 Å². The maximum absolute atomic E-state index is 12.2. The van der Waals surface area contributed by atoms with Gasteiger partial charge in [0.2, 0.25) is 0 Å². The second-order valence-corrected chi connectivity index (χ2v) is 12.9. The van der Waals surface area contributed by atoms with Gasteiger partial charge in [-0.05, 0) is 100 Å². The molecule has 1 N–H and O–H groups in total. The number of carboxylic acid groups (broad SMARTS) is 1. The van der Waals surface area contributed by atoms with Gasteiger partial charge in [0.25, 0.3) is 0 Å². The van der Waals surface area contributed by atoms with Crippen LogP contribution in [-0.2, 0) is 17.8 Å². The molecule has 0 spiro atoms. The number of carboxylic acids is 1. The van der Waals surface area contributed by atoms with Gasteiger partial charge in [-0.2, -0.15) is 5.10 Å². The average molecular weight is 589 g/mol. The van der Waals surface area contributed by atoms with Gasteiger partial charge < -0.3 is 10.0 Å². The lowest BCUT2D eigenvalue weighted by molar-refractivity contribution is -0.152. The summed E-state index contributed by atoms with van der Waals surface area (Å²) in [6.07, 6.45) is 8.73. The molecule has 2 atom stereocenters. The molecule has 232 valence electrons. The van der Waals surface area contributed by atoms with E-state index >= 15 is 0 Å². The number of piperidine rings is 1. The van der Waals surface area contributed by atoms with Crippen molar-refractivity contribution in [3.63, 3.8) is 0 Å². The number of carbonyl (C=O) groups is 1. The highest BCUT2D eigenvalue weighted by Crippen LogP contribution is 2.49. The summed E-state index contributed by atoms with van der Waals surface area (Å²) in [7, 11) is 0. The fourth-order valence-corrected chi connectivity index (χ4v) is 7.65. The molecule has 2 aromatic carbocycles. The number of rotatable bonds is 10. The molecule has 2 saturated heterocycles. The Morgan fingerprint density at radius 2 is 1.67 bits per heavy atom. The number of nitrogens with zero attached hydrogens (tertiary/aromatic N) is 4. The van der Waals surface area contributed by atoms with Gasteiger partial charge >= 0.3 is 5.97 Å². The first-order valence-electron chi connectivity index (χ1n) is 16.4. The molecule has 3 aliphatic rings. The molecule has 0 bridgehead atoms. The fourth-order valence-electron chi connectivity index (χ4n) is 7.65. The van der Waals surface area contributed by atoms with Gasteiger partial charge in [0.15, 0.2) is 0 Å². The van der Waals surface area contributed by atoms with E-state index in [1.54, 1.807) is 18.2 Å². The third kappa shape index (κ3) is 7.74. The van der Waals surface area contributed by atoms with E-state index in [2.05, 4.69) is 64.7 Å². The van der Waals surface area contributed by atoms with Crippen LogP contribution in [0, 0.1) is 17.2 Å². The zero-order valence-corrected chi connectivity index (χ0v) is 26.0. The summed E-state index contributed by atoms with van der Waals surface area (Å²) in [5.41, 5.74) is 3.92. The fraction of sp³-hybridized carbons (Fsp3) is 0.556. The largest absolute Gasteiger partial charge is 0.480 e. The Hall–Kier alpha value is -3.03. The zero-order chi connectivity index (χ0) is 30.2. The average Bonchev–Trinajstić information content (AvgIpc) is 3.63. The lowest BCUT2D eigenvalue weighted by Gasteiger charge is -2.48. The Morgan fingerprint density at radius 1 is 1.00 bits per heavy atom. The smallest absolute Gasteiger partial charge is 0.321 e. The van der Waals surface area contributed by atoms with Crippen LogP contribution in [-0.4, -0.2) is 69.4 Å². The van der Waals surface area contributed by atoms with Crippen LogP contribution in [0.2, 0.25) is 0 Å². The second kappa shape index (κ2) is 14.6. The summed E-state index contributed by atoms with van der Waals surface area (Å²) in [6.45, 7) is 10.6. The summed E-state index contributed by atoms with van der Waals surface area (Å²) in [5.74, 6) is 0.397. The van der Waals surface area contributed by atoms with Crippen LogP contribution in [0.1, 0.15) is 81.7 Å². The Balaban J connectivity index is 0.000000463. The van der Waals surface area contributed by atoms with E-state index in [0.29, 0.717) is 11.8 Å². The van der Waals surface area contributed by atoms with Crippen LogP contribution in [0.15, 0.2) is 66.7 Å². The van der Waals surface area contributed by atoms with Crippen molar-refractivity contribution >= 4 is 5.97 Å². The number of aryl methyl sites for hydroxylation is 1. The molecule has 6 rings (SSSR count). The third-order valence-corrected chi connectivity index (χ3v) is 10.2. The predicted molar refractivity (Wildman–Crippen MR) is 170 cm³/mol. The van der Waals surface area contributed by atoms with Crippen molar-refractivity contribution < 1.29 is 14.3 Å². The predicted octanol–water partition coefficient (Wildman–Crippen LogP) is 6.85. The van der Waals surface area contributed by atoms with Crippen LogP contribution >= 0.6 is 0 Å². The highest BCUT2D eigenvalue weighted by Gasteiger charge is 2.50. The maximum atomic E-state index is 12.2. The van der Waals surface area contributed by atoms with Gasteiger partial charge in [-0.15, -0.1) is 0 Å². The number of aromatic nitrogens is 2. The topological polar surface area (TPSA) is 61.6 Å². The lowest BCUT2D eigenvalue weighted by Crippen LogP contribution is -2.55. The van der Waals surface area contributed by atoms with E-state index in [-0.39, 0.29) is 17.3 Å². The van der Waals surface area contributed by atoms with Crippen molar-refractivity contribution in [1.29, 1.82) is 0 Å². The Morgan fingerprint density at radius 3 is 2.21 bits per heavy atom. The first-order valence-corrected chi connectivity index (χ1v) is 16.4. The van der Waals surface area contributed by atoms with E-state index in [1.807, 2.05) is 0 Å². The molecule has 7 heteroatoms. The van der Waals surface area contributed by atoms with E-state index in [9.17, 15) is 14.3 Å². The molecule has 1 saturated carbocycles. The zero-order valence-electron chi connectivity index (χ0n) is 26.0. The molecule has 0 radical (unpaired) electrons. The molecule has 2 unspecified atom stereocenters. The van der Waals surface area contributed by atoms with Crippen LogP contribution < -0.4 is 0 Å². The minimum absolute atomic E-state index is 0.0145. The minimum atomic E-state index is -0.600. The number of likely N-dealkylation sites (tertiary alicyclic amines) is 2. The first-order chi connectivity index (χ1) is 20.9. The van der Waals surface area contributed by atoms with Gasteiger partial charge in [-0.3, -0.25) is 14.4 Å². The molecular formula is C36H49FN4O2. The molecule has 3 fully saturated rings. The van der Waals surface area contributed by atoms with Gasteiger partial charge in [-0.1, -0.05) is 61.9 Å². The number of halogens is 1. The minimum Gasteiger partial charge on any atom is -0.480 e. The monoisotopic (exact) mass is 588 g/mol. The molecule has 1 aliphatic carbocycles. The van der Waals surface area contributed by atoms with E-state index < -0.39 is 5.97 Å². The van der Waals surface area contributed by atoms with Gasteiger partial charge in [0.1, 0.15) is 11.9 Å². The summed E-state index contributed by atoms with van der Waals surface area (Å²) in [6, 6.07) is 20.6.